The Morgan fingerprint density at radius 2 is 2.27 bits per heavy atom. The predicted octanol–water partition coefficient (Wildman–Crippen LogP) is 1.26. The number of nitro groups is 1. The third-order valence-electron chi connectivity index (χ3n) is 1.33. The molecule has 1 amide bonds. The van der Waals surface area contributed by atoms with Crippen molar-refractivity contribution in [2.75, 3.05) is 0 Å². The lowest BCUT2D eigenvalue weighted by molar-refractivity contribution is -0.389. The summed E-state index contributed by atoms with van der Waals surface area (Å²) in [4.78, 5) is 22.7. The van der Waals surface area contributed by atoms with Crippen LogP contribution in [0.3, 0.4) is 0 Å². The average molecular weight is 211 g/mol. The fourth-order valence-electron chi connectivity index (χ4n) is 0.708. The second-order valence-corrected chi connectivity index (χ2v) is 2.66. The molecule has 0 spiro atoms. The number of hydrogen-bond donors (Lipinski definition) is 1. The summed E-state index contributed by atoms with van der Waals surface area (Å²) in [6, 6.07) is 4.55. The second-order valence-electron chi connectivity index (χ2n) is 2.66. The van der Waals surface area contributed by atoms with Gasteiger partial charge in [0, 0.05) is 12.5 Å². The van der Waals surface area contributed by atoms with Crippen LogP contribution in [0.2, 0.25) is 0 Å². The lowest BCUT2D eigenvalue weighted by atomic mass is 10.3. The molecule has 1 aromatic heterocycles. The molecule has 82 valence electrons. The first kappa shape index (κ1) is 13.0. The molecule has 0 atom stereocenters. The zero-order chi connectivity index (χ0) is 11.7. The van der Waals surface area contributed by atoms with E-state index in [0.29, 0.717) is 6.42 Å². The van der Waals surface area contributed by atoms with E-state index in [2.05, 4.69) is 4.98 Å². The molecule has 0 aromatic carbocycles. The molecule has 1 rings (SSSR count). The topological polar surface area (TPSA) is 99.1 Å². The molecular formula is C9H13N3O3. The maximum Gasteiger partial charge on any atom is 0.363 e. The van der Waals surface area contributed by atoms with Gasteiger partial charge in [0.05, 0.1) is 0 Å². The molecule has 0 aliphatic carbocycles. The first-order valence-electron chi connectivity index (χ1n) is 4.41. The Kier molecular flexibility index (Phi) is 6.45. The highest BCUT2D eigenvalue weighted by atomic mass is 16.6. The van der Waals surface area contributed by atoms with Crippen LogP contribution in [0.1, 0.15) is 19.8 Å². The number of pyridine rings is 1. The quantitative estimate of drug-likeness (QED) is 0.600. The number of nitrogens with zero attached hydrogens (tertiary/aromatic N) is 2. The van der Waals surface area contributed by atoms with Gasteiger partial charge in [0.1, 0.15) is 6.20 Å². The first-order chi connectivity index (χ1) is 7.07. The van der Waals surface area contributed by atoms with E-state index in [1.165, 1.54) is 12.3 Å². The summed E-state index contributed by atoms with van der Waals surface area (Å²) in [6.07, 6.45) is 2.76. The maximum atomic E-state index is 9.94. The van der Waals surface area contributed by atoms with Crippen molar-refractivity contribution >= 4 is 11.7 Å². The molecule has 15 heavy (non-hydrogen) atoms. The zero-order valence-corrected chi connectivity index (χ0v) is 8.42. The molecular weight excluding hydrogens is 198 g/mol. The molecule has 1 heterocycles. The van der Waals surface area contributed by atoms with Crippen molar-refractivity contribution in [2.45, 2.75) is 19.8 Å². The molecule has 0 saturated heterocycles. The molecule has 1 aromatic rings. The molecule has 6 heteroatoms. The van der Waals surface area contributed by atoms with Crippen LogP contribution in [-0.4, -0.2) is 15.8 Å². The SMILES string of the molecule is CCCC(N)=O.O=[N+]([O-])c1ccccn1. The minimum absolute atomic E-state index is 0.113. The van der Waals surface area contributed by atoms with Crippen molar-refractivity contribution in [1.29, 1.82) is 0 Å². The molecule has 0 radical (unpaired) electrons. The Bertz CT molecular complexity index is 314. The van der Waals surface area contributed by atoms with Crippen molar-refractivity contribution in [2.24, 2.45) is 5.73 Å². The van der Waals surface area contributed by atoms with Crippen molar-refractivity contribution in [1.82, 2.24) is 4.98 Å². The van der Waals surface area contributed by atoms with Gasteiger partial charge in [0.25, 0.3) is 0 Å². The van der Waals surface area contributed by atoms with E-state index in [-0.39, 0.29) is 11.7 Å². The van der Waals surface area contributed by atoms with E-state index in [0.717, 1.165) is 6.42 Å². The van der Waals surface area contributed by atoms with Crippen LogP contribution in [0.4, 0.5) is 5.82 Å². The molecule has 0 aliphatic heterocycles. The summed E-state index contributed by atoms with van der Waals surface area (Å²) in [5.74, 6) is -0.324. The van der Waals surface area contributed by atoms with E-state index in [1.54, 1.807) is 12.1 Å². The van der Waals surface area contributed by atoms with Gasteiger partial charge in [0.2, 0.25) is 5.91 Å². The normalized spacial score (nSPS) is 8.60. The van der Waals surface area contributed by atoms with E-state index in [9.17, 15) is 14.9 Å². The number of nitrogens with two attached hydrogens (primary N) is 1. The van der Waals surface area contributed by atoms with Gasteiger partial charge in [0.15, 0.2) is 0 Å². The Balaban J connectivity index is 0.000000288. The third kappa shape index (κ3) is 7.12. The van der Waals surface area contributed by atoms with Gasteiger partial charge in [-0.1, -0.05) is 13.0 Å². The maximum absolute atomic E-state index is 9.94. The first-order valence-corrected chi connectivity index (χ1v) is 4.41. The van der Waals surface area contributed by atoms with Gasteiger partial charge < -0.3 is 15.8 Å². The van der Waals surface area contributed by atoms with Crippen LogP contribution in [0.25, 0.3) is 0 Å². The number of amides is 1. The van der Waals surface area contributed by atoms with E-state index in [1.807, 2.05) is 6.92 Å². The number of aromatic nitrogens is 1. The van der Waals surface area contributed by atoms with Crippen LogP contribution >= 0.6 is 0 Å². The highest BCUT2D eigenvalue weighted by molar-refractivity contribution is 5.73. The van der Waals surface area contributed by atoms with Crippen LogP contribution in [0.15, 0.2) is 24.4 Å². The average Bonchev–Trinajstić information content (AvgIpc) is 2.20. The Morgan fingerprint density at radius 1 is 1.60 bits per heavy atom. The van der Waals surface area contributed by atoms with Gasteiger partial charge in [-0.05, 0) is 22.4 Å². The van der Waals surface area contributed by atoms with Crippen LogP contribution in [-0.2, 0) is 4.79 Å². The third-order valence-corrected chi connectivity index (χ3v) is 1.33. The van der Waals surface area contributed by atoms with Gasteiger partial charge in [-0.2, -0.15) is 0 Å². The summed E-state index contributed by atoms with van der Waals surface area (Å²) >= 11 is 0. The lowest BCUT2D eigenvalue weighted by Crippen LogP contribution is -2.08. The number of carbonyl (C=O) groups is 1. The van der Waals surface area contributed by atoms with E-state index >= 15 is 0 Å². The molecule has 0 saturated carbocycles. The van der Waals surface area contributed by atoms with Gasteiger partial charge >= 0.3 is 5.82 Å². The zero-order valence-electron chi connectivity index (χ0n) is 8.42. The number of carbonyl (C=O) groups excluding carboxylic acids is 1. The highest BCUT2D eigenvalue weighted by Gasteiger charge is 2.00. The number of primary amides is 1. The molecule has 0 bridgehead atoms. The van der Waals surface area contributed by atoms with Crippen molar-refractivity contribution < 1.29 is 9.72 Å². The van der Waals surface area contributed by atoms with Crippen molar-refractivity contribution in [3.63, 3.8) is 0 Å². The van der Waals surface area contributed by atoms with Gasteiger partial charge in [-0.25, -0.2) is 0 Å². The van der Waals surface area contributed by atoms with Crippen molar-refractivity contribution in [3.05, 3.63) is 34.5 Å². The fraction of sp³-hybridized carbons (Fsp3) is 0.333. The minimum atomic E-state index is -0.528. The summed E-state index contributed by atoms with van der Waals surface area (Å²) in [5, 5.41) is 9.94. The van der Waals surface area contributed by atoms with E-state index < -0.39 is 4.92 Å². The number of rotatable bonds is 3. The minimum Gasteiger partial charge on any atom is -0.370 e. The van der Waals surface area contributed by atoms with Crippen LogP contribution in [0.5, 0.6) is 0 Å². The molecule has 0 fully saturated rings. The van der Waals surface area contributed by atoms with E-state index in [4.69, 9.17) is 5.73 Å². The standard InChI is InChI=1S/C5H4N2O2.C4H9NO/c8-7(9)5-3-1-2-4-6-5;1-2-3-4(5)6/h1-4H;2-3H2,1H3,(H2,5,6). The number of hydrogen-bond acceptors (Lipinski definition) is 4. The molecule has 6 nitrogen and oxygen atoms in total. The Hall–Kier alpha value is -1.98. The fourth-order valence-corrected chi connectivity index (χ4v) is 0.708. The van der Waals surface area contributed by atoms with Gasteiger partial charge in [-0.3, -0.25) is 4.79 Å². The Morgan fingerprint density at radius 3 is 2.47 bits per heavy atom. The summed E-state index contributed by atoms with van der Waals surface area (Å²) < 4.78 is 0. The largest absolute Gasteiger partial charge is 0.370 e. The second kappa shape index (κ2) is 7.43. The molecule has 0 unspecified atom stereocenters. The molecule has 2 N–H and O–H groups in total. The highest BCUT2D eigenvalue weighted by Crippen LogP contribution is 2.01. The molecule has 0 aliphatic rings. The Labute approximate surface area is 87.3 Å². The van der Waals surface area contributed by atoms with Gasteiger partial charge in [-0.15, -0.1) is 0 Å². The predicted molar refractivity (Wildman–Crippen MR) is 55.0 cm³/mol. The van der Waals surface area contributed by atoms with Crippen molar-refractivity contribution in [3.8, 4) is 0 Å². The summed E-state index contributed by atoms with van der Waals surface area (Å²) in [5.41, 5.74) is 4.76. The van der Waals surface area contributed by atoms with Crippen LogP contribution < -0.4 is 5.73 Å². The smallest absolute Gasteiger partial charge is 0.363 e. The summed E-state index contributed by atoms with van der Waals surface area (Å²) in [6.45, 7) is 1.92. The summed E-state index contributed by atoms with van der Waals surface area (Å²) in [7, 11) is 0. The lowest BCUT2D eigenvalue weighted by Gasteiger charge is -1.86. The monoisotopic (exact) mass is 211 g/mol. The van der Waals surface area contributed by atoms with Crippen LogP contribution in [0, 0.1) is 10.1 Å².